The zero-order valence-corrected chi connectivity index (χ0v) is 13.7. The summed E-state index contributed by atoms with van der Waals surface area (Å²) in [6, 6.07) is 8.28. The van der Waals surface area contributed by atoms with Crippen molar-refractivity contribution in [3.8, 4) is 11.5 Å². The number of pyridine rings is 1. The number of amides is 1. The molecule has 0 saturated carbocycles. The lowest BCUT2D eigenvalue weighted by Crippen LogP contribution is -2.33. The van der Waals surface area contributed by atoms with Crippen LogP contribution in [0.1, 0.15) is 21.8 Å². The molecule has 8 heteroatoms. The van der Waals surface area contributed by atoms with Crippen molar-refractivity contribution in [2.75, 3.05) is 19.9 Å². The van der Waals surface area contributed by atoms with Crippen LogP contribution in [-0.4, -0.2) is 46.7 Å². The molecule has 0 bridgehead atoms. The van der Waals surface area contributed by atoms with E-state index in [1.165, 1.54) is 17.2 Å². The number of carboxylic acid groups (broad SMARTS) is 1. The minimum Gasteiger partial charge on any atom is -0.481 e. The average molecular weight is 356 g/mol. The number of hydrogen-bond acceptors (Lipinski definition) is 5. The molecule has 134 valence electrons. The standard InChI is InChI=1S/C18H16N2O6/c21-16-11(2-1-5-19-16)17(22)20-7-12(13(8-20)18(23)24)10-3-4-14-15(6-10)26-9-25-14/h1-6,12-13H,7-9H2,(H,19,21)(H,23,24)/t12-,13+/m0/s1. The van der Waals surface area contributed by atoms with Gasteiger partial charge in [0.2, 0.25) is 6.79 Å². The monoisotopic (exact) mass is 356 g/mol. The number of carbonyl (C=O) groups is 2. The molecule has 0 unspecified atom stereocenters. The number of likely N-dealkylation sites (tertiary alicyclic amines) is 1. The summed E-state index contributed by atoms with van der Waals surface area (Å²) in [7, 11) is 0. The van der Waals surface area contributed by atoms with Crippen LogP contribution in [0.25, 0.3) is 0 Å². The van der Waals surface area contributed by atoms with Crippen molar-refractivity contribution in [3.05, 3.63) is 58.0 Å². The summed E-state index contributed by atoms with van der Waals surface area (Å²) in [5.41, 5.74) is 0.276. The van der Waals surface area contributed by atoms with Crippen LogP contribution < -0.4 is 15.0 Å². The average Bonchev–Trinajstić information content (AvgIpc) is 3.28. The van der Waals surface area contributed by atoms with Gasteiger partial charge in [-0.1, -0.05) is 6.07 Å². The molecule has 4 rings (SSSR count). The second kappa shape index (κ2) is 6.21. The number of fused-ring (bicyclic) bond motifs is 1. The van der Waals surface area contributed by atoms with Crippen molar-refractivity contribution in [1.82, 2.24) is 9.88 Å². The van der Waals surface area contributed by atoms with Gasteiger partial charge in [-0.15, -0.1) is 0 Å². The van der Waals surface area contributed by atoms with E-state index in [1.54, 1.807) is 24.3 Å². The second-order valence-corrected chi connectivity index (χ2v) is 6.29. The third kappa shape index (κ3) is 2.69. The molecule has 1 aromatic carbocycles. The van der Waals surface area contributed by atoms with Gasteiger partial charge < -0.3 is 24.5 Å². The Kier molecular flexibility index (Phi) is 3.87. The lowest BCUT2D eigenvalue weighted by atomic mass is 9.89. The number of hydrogen-bond donors (Lipinski definition) is 2. The fourth-order valence-electron chi connectivity index (χ4n) is 3.46. The molecule has 1 fully saturated rings. The quantitative estimate of drug-likeness (QED) is 0.851. The first-order chi connectivity index (χ1) is 12.5. The molecular formula is C18H16N2O6. The third-order valence-corrected chi connectivity index (χ3v) is 4.80. The lowest BCUT2D eigenvalue weighted by Gasteiger charge is -2.16. The van der Waals surface area contributed by atoms with Crippen molar-refractivity contribution in [3.63, 3.8) is 0 Å². The smallest absolute Gasteiger partial charge is 0.308 e. The van der Waals surface area contributed by atoms with Crippen LogP contribution in [0.2, 0.25) is 0 Å². The fourth-order valence-corrected chi connectivity index (χ4v) is 3.46. The first kappa shape index (κ1) is 16.2. The zero-order chi connectivity index (χ0) is 18.3. The van der Waals surface area contributed by atoms with Gasteiger partial charge in [-0.3, -0.25) is 14.4 Å². The number of H-pyrrole nitrogens is 1. The molecule has 1 amide bonds. The van der Waals surface area contributed by atoms with E-state index in [4.69, 9.17) is 9.47 Å². The van der Waals surface area contributed by atoms with Crippen molar-refractivity contribution in [2.24, 2.45) is 5.92 Å². The van der Waals surface area contributed by atoms with E-state index in [0.29, 0.717) is 11.5 Å². The molecule has 0 aliphatic carbocycles. The van der Waals surface area contributed by atoms with Gasteiger partial charge in [0.1, 0.15) is 5.56 Å². The maximum atomic E-state index is 12.7. The number of nitrogens with one attached hydrogen (secondary N) is 1. The van der Waals surface area contributed by atoms with Gasteiger partial charge in [0, 0.05) is 25.2 Å². The Morgan fingerprint density at radius 1 is 1.15 bits per heavy atom. The number of aliphatic carboxylic acids is 1. The molecule has 2 N–H and O–H groups in total. The van der Waals surface area contributed by atoms with Crippen LogP contribution in [0, 0.1) is 5.92 Å². The minimum atomic E-state index is -0.982. The van der Waals surface area contributed by atoms with Crippen LogP contribution in [0.15, 0.2) is 41.3 Å². The number of benzene rings is 1. The Morgan fingerprint density at radius 2 is 1.96 bits per heavy atom. The maximum Gasteiger partial charge on any atom is 0.308 e. The van der Waals surface area contributed by atoms with Crippen LogP contribution in [-0.2, 0) is 4.79 Å². The van der Waals surface area contributed by atoms with Gasteiger partial charge in [-0.2, -0.15) is 0 Å². The molecule has 1 saturated heterocycles. The summed E-state index contributed by atoms with van der Waals surface area (Å²) in [5, 5.41) is 9.60. The number of carbonyl (C=O) groups excluding carboxylic acids is 1. The molecule has 2 aliphatic rings. The summed E-state index contributed by atoms with van der Waals surface area (Å²) >= 11 is 0. The highest BCUT2D eigenvalue weighted by atomic mass is 16.7. The fraction of sp³-hybridized carbons (Fsp3) is 0.278. The van der Waals surface area contributed by atoms with Gasteiger partial charge >= 0.3 is 5.97 Å². The normalized spacial score (nSPS) is 21.0. The first-order valence-corrected chi connectivity index (χ1v) is 8.14. The predicted molar refractivity (Wildman–Crippen MR) is 89.4 cm³/mol. The van der Waals surface area contributed by atoms with E-state index in [1.807, 2.05) is 0 Å². The highest BCUT2D eigenvalue weighted by Crippen LogP contribution is 2.39. The highest BCUT2D eigenvalue weighted by molar-refractivity contribution is 5.94. The summed E-state index contributed by atoms with van der Waals surface area (Å²) in [4.78, 5) is 40.1. The van der Waals surface area contributed by atoms with Crippen molar-refractivity contribution in [2.45, 2.75) is 5.92 Å². The number of ether oxygens (including phenoxy) is 2. The van der Waals surface area contributed by atoms with Crippen molar-refractivity contribution < 1.29 is 24.2 Å². The van der Waals surface area contributed by atoms with Gasteiger partial charge in [0.15, 0.2) is 11.5 Å². The molecule has 0 spiro atoms. The Bertz CT molecular complexity index is 937. The van der Waals surface area contributed by atoms with E-state index < -0.39 is 29.3 Å². The van der Waals surface area contributed by atoms with Crippen molar-refractivity contribution >= 4 is 11.9 Å². The van der Waals surface area contributed by atoms with Gasteiger partial charge in [-0.25, -0.2) is 0 Å². The number of aromatic amines is 1. The molecule has 3 heterocycles. The summed E-state index contributed by atoms with van der Waals surface area (Å²) in [6.45, 7) is 0.387. The molecule has 0 radical (unpaired) electrons. The predicted octanol–water partition coefficient (Wildman–Crippen LogP) is 1.04. The second-order valence-electron chi connectivity index (χ2n) is 6.29. The summed E-state index contributed by atoms with van der Waals surface area (Å²) in [6.07, 6.45) is 1.44. The number of aromatic nitrogens is 1. The minimum absolute atomic E-state index is 0.00276. The molecule has 26 heavy (non-hydrogen) atoms. The van der Waals surface area contributed by atoms with E-state index >= 15 is 0 Å². The Balaban J connectivity index is 1.63. The summed E-state index contributed by atoms with van der Waals surface area (Å²) in [5.74, 6) is -1.43. The summed E-state index contributed by atoms with van der Waals surface area (Å²) < 4.78 is 10.6. The molecule has 2 aromatic rings. The van der Waals surface area contributed by atoms with Gasteiger partial charge in [-0.05, 0) is 29.8 Å². The van der Waals surface area contributed by atoms with Crippen molar-refractivity contribution in [1.29, 1.82) is 0 Å². The van der Waals surface area contributed by atoms with E-state index in [-0.39, 0.29) is 25.4 Å². The van der Waals surface area contributed by atoms with E-state index in [9.17, 15) is 19.5 Å². The maximum absolute atomic E-state index is 12.7. The van der Waals surface area contributed by atoms with E-state index in [0.717, 1.165) is 5.56 Å². The Hall–Kier alpha value is -3.29. The molecule has 1 aromatic heterocycles. The highest BCUT2D eigenvalue weighted by Gasteiger charge is 2.41. The van der Waals surface area contributed by atoms with Crippen LogP contribution in [0.3, 0.4) is 0 Å². The number of rotatable bonds is 3. The molecule has 2 atom stereocenters. The Morgan fingerprint density at radius 3 is 2.73 bits per heavy atom. The van der Waals surface area contributed by atoms with Gasteiger partial charge in [0.25, 0.3) is 11.5 Å². The van der Waals surface area contributed by atoms with Gasteiger partial charge in [0.05, 0.1) is 5.92 Å². The van der Waals surface area contributed by atoms with Crippen LogP contribution in [0.5, 0.6) is 11.5 Å². The number of carboxylic acids is 1. The largest absolute Gasteiger partial charge is 0.481 e. The van der Waals surface area contributed by atoms with E-state index in [2.05, 4.69) is 4.98 Å². The number of nitrogens with zero attached hydrogens (tertiary/aromatic N) is 1. The zero-order valence-electron chi connectivity index (χ0n) is 13.7. The molecular weight excluding hydrogens is 340 g/mol. The third-order valence-electron chi connectivity index (χ3n) is 4.80. The SMILES string of the molecule is O=C(O)[C@@H]1CN(C(=O)c2ccc[nH]c2=O)C[C@H]1c1ccc2c(c1)OCO2. The Labute approximate surface area is 148 Å². The molecule has 8 nitrogen and oxygen atoms in total. The molecule has 2 aliphatic heterocycles. The van der Waals surface area contributed by atoms with Crippen LogP contribution in [0.4, 0.5) is 0 Å². The lowest BCUT2D eigenvalue weighted by molar-refractivity contribution is -0.141. The van der Waals surface area contributed by atoms with Crippen LogP contribution >= 0.6 is 0 Å². The topological polar surface area (TPSA) is 109 Å². The first-order valence-electron chi connectivity index (χ1n) is 8.14.